The Bertz CT molecular complexity index is 874. The molecule has 3 aromatic rings. The molecule has 0 aliphatic heterocycles. The highest BCUT2D eigenvalue weighted by atomic mass is 32.1. The zero-order valence-corrected chi connectivity index (χ0v) is 12.7. The summed E-state index contributed by atoms with van der Waals surface area (Å²) >= 11 is 1.69. The highest BCUT2D eigenvalue weighted by Crippen LogP contribution is 2.33. The van der Waals surface area contributed by atoms with E-state index in [9.17, 15) is 4.79 Å². The van der Waals surface area contributed by atoms with Gasteiger partial charge in [0.1, 0.15) is 4.83 Å². The Kier molecular flexibility index (Phi) is 2.92. The van der Waals surface area contributed by atoms with Crippen LogP contribution in [0.5, 0.6) is 0 Å². The minimum atomic E-state index is 0.0863. The van der Waals surface area contributed by atoms with E-state index in [4.69, 9.17) is 0 Å². The molecule has 0 aromatic carbocycles. The number of fused-ring (bicyclic) bond motifs is 3. The summed E-state index contributed by atoms with van der Waals surface area (Å²) in [6.07, 6.45) is 9.90. The van der Waals surface area contributed by atoms with Gasteiger partial charge < -0.3 is 0 Å². The van der Waals surface area contributed by atoms with Crippen molar-refractivity contribution in [3.8, 4) is 0 Å². The fourth-order valence-electron chi connectivity index (χ4n) is 3.04. The zero-order valence-electron chi connectivity index (χ0n) is 11.9. The van der Waals surface area contributed by atoms with Gasteiger partial charge in [-0.05, 0) is 31.2 Å². The van der Waals surface area contributed by atoms with Gasteiger partial charge in [-0.25, -0.2) is 4.98 Å². The molecule has 0 unspecified atom stereocenters. The van der Waals surface area contributed by atoms with Crippen molar-refractivity contribution in [3.63, 3.8) is 0 Å². The lowest BCUT2D eigenvalue weighted by Crippen LogP contribution is -2.21. The molecule has 0 atom stereocenters. The summed E-state index contributed by atoms with van der Waals surface area (Å²) in [5.74, 6) is 0. The predicted octanol–water partition coefficient (Wildman–Crippen LogP) is 2.12. The number of aryl methyl sites for hydroxylation is 3. The van der Waals surface area contributed by atoms with E-state index in [1.54, 1.807) is 33.1 Å². The third-order valence-electron chi connectivity index (χ3n) is 4.05. The predicted molar refractivity (Wildman–Crippen MR) is 82.8 cm³/mol. The van der Waals surface area contributed by atoms with Crippen LogP contribution in [0.25, 0.3) is 10.2 Å². The Morgan fingerprint density at radius 2 is 2.19 bits per heavy atom. The van der Waals surface area contributed by atoms with E-state index in [0.29, 0.717) is 6.54 Å². The Hall–Kier alpha value is -1.95. The van der Waals surface area contributed by atoms with Gasteiger partial charge in [-0.15, -0.1) is 11.3 Å². The minimum absolute atomic E-state index is 0.0863. The van der Waals surface area contributed by atoms with Gasteiger partial charge in [-0.2, -0.15) is 5.10 Å². The van der Waals surface area contributed by atoms with Gasteiger partial charge in [0.05, 0.1) is 24.5 Å². The lowest BCUT2D eigenvalue weighted by Gasteiger charge is -2.10. The van der Waals surface area contributed by atoms with Crippen LogP contribution in [-0.2, 0) is 26.4 Å². The molecular weight excluding hydrogens is 284 g/mol. The average molecular weight is 300 g/mol. The largest absolute Gasteiger partial charge is 0.294 e. The number of hydrogen-bond acceptors (Lipinski definition) is 4. The first-order valence-electron chi connectivity index (χ1n) is 7.19. The summed E-state index contributed by atoms with van der Waals surface area (Å²) in [5, 5.41) is 5.00. The first-order valence-corrected chi connectivity index (χ1v) is 8.01. The maximum atomic E-state index is 12.8. The van der Waals surface area contributed by atoms with Crippen LogP contribution in [0.1, 0.15) is 28.8 Å². The van der Waals surface area contributed by atoms with Crippen molar-refractivity contribution in [3.05, 3.63) is 45.1 Å². The van der Waals surface area contributed by atoms with Gasteiger partial charge >= 0.3 is 0 Å². The maximum Gasteiger partial charge on any atom is 0.262 e. The lowest BCUT2D eigenvalue weighted by molar-refractivity contribution is 0.697. The molecule has 4 rings (SSSR count). The second-order valence-electron chi connectivity index (χ2n) is 5.59. The monoisotopic (exact) mass is 300 g/mol. The van der Waals surface area contributed by atoms with Crippen LogP contribution >= 0.6 is 11.3 Å². The van der Waals surface area contributed by atoms with Crippen LogP contribution in [0.3, 0.4) is 0 Å². The molecule has 0 fully saturated rings. The van der Waals surface area contributed by atoms with Crippen LogP contribution in [-0.4, -0.2) is 19.3 Å². The molecule has 108 valence electrons. The van der Waals surface area contributed by atoms with Crippen LogP contribution in [0.2, 0.25) is 0 Å². The van der Waals surface area contributed by atoms with Crippen molar-refractivity contribution in [2.75, 3.05) is 0 Å². The Labute approximate surface area is 125 Å². The highest BCUT2D eigenvalue weighted by molar-refractivity contribution is 7.18. The molecule has 0 spiro atoms. The zero-order chi connectivity index (χ0) is 14.4. The van der Waals surface area contributed by atoms with Crippen LogP contribution in [0.15, 0.2) is 23.5 Å². The molecule has 1 aliphatic rings. The third kappa shape index (κ3) is 2.10. The van der Waals surface area contributed by atoms with Gasteiger partial charge in [0.25, 0.3) is 5.56 Å². The molecule has 1 aliphatic carbocycles. The maximum absolute atomic E-state index is 12.8. The summed E-state index contributed by atoms with van der Waals surface area (Å²) in [7, 11) is 1.88. The molecule has 0 saturated carbocycles. The first-order chi connectivity index (χ1) is 10.2. The van der Waals surface area contributed by atoms with Crippen molar-refractivity contribution < 1.29 is 0 Å². The van der Waals surface area contributed by atoms with Gasteiger partial charge in [0.2, 0.25) is 0 Å². The van der Waals surface area contributed by atoms with Crippen molar-refractivity contribution in [2.24, 2.45) is 7.05 Å². The molecule has 0 amide bonds. The molecule has 5 nitrogen and oxygen atoms in total. The Morgan fingerprint density at radius 1 is 1.33 bits per heavy atom. The fourth-order valence-corrected chi connectivity index (χ4v) is 4.26. The molecule has 0 N–H and O–H groups in total. The summed E-state index contributed by atoms with van der Waals surface area (Å²) in [6.45, 7) is 0.528. The Morgan fingerprint density at radius 3 is 3.00 bits per heavy atom. The molecular formula is C15H16N4OS. The molecule has 6 heteroatoms. The molecule has 0 bridgehead atoms. The minimum Gasteiger partial charge on any atom is -0.294 e. The third-order valence-corrected chi connectivity index (χ3v) is 5.25. The number of rotatable bonds is 2. The van der Waals surface area contributed by atoms with Gasteiger partial charge in [0, 0.05) is 23.7 Å². The van der Waals surface area contributed by atoms with Gasteiger partial charge in [-0.1, -0.05) is 0 Å². The summed E-state index contributed by atoms with van der Waals surface area (Å²) in [5.41, 5.74) is 2.35. The van der Waals surface area contributed by atoms with Crippen molar-refractivity contribution in [1.82, 2.24) is 19.3 Å². The number of thiophene rings is 1. The van der Waals surface area contributed by atoms with Gasteiger partial charge in [0.15, 0.2) is 0 Å². The molecule has 0 saturated heterocycles. The normalized spacial score (nSPS) is 14.5. The topological polar surface area (TPSA) is 52.7 Å². The second kappa shape index (κ2) is 4.80. The van der Waals surface area contributed by atoms with E-state index in [1.165, 1.54) is 23.3 Å². The van der Waals surface area contributed by atoms with Crippen molar-refractivity contribution in [1.29, 1.82) is 0 Å². The number of nitrogens with zero attached hydrogens (tertiary/aromatic N) is 4. The number of aromatic nitrogens is 4. The summed E-state index contributed by atoms with van der Waals surface area (Å²) in [6, 6.07) is 0. The van der Waals surface area contributed by atoms with E-state index in [0.717, 1.165) is 28.6 Å². The van der Waals surface area contributed by atoms with E-state index in [1.807, 2.05) is 13.2 Å². The molecule has 21 heavy (non-hydrogen) atoms. The average Bonchev–Trinajstić information content (AvgIpc) is 3.05. The Balaban J connectivity index is 1.84. The summed E-state index contributed by atoms with van der Waals surface area (Å²) < 4.78 is 3.44. The highest BCUT2D eigenvalue weighted by Gasteiger charge is 2.19. The summed E-state index contributed by atoms with van der Waals surface area (Å²) in [4.78, 5) is 19.5. The van der Waals surface area contributed by atoms with E-state index >= 15 is 0 Å². The lowest BCUT2D eigenvalue weighted by atomic mass is 9.97. The first kappa shape index (κ1) is 12.8. The molecule has 3 aromatic heterocycles. The van der Waals surface area contributed by atoms with Crippen molar-refractivity contribution in [2.45, 2.75) is 32.2 Å². The number of hydrogen-bond donors (Lipinski definition) is 0. The second-order valence-corrected chi connectivity index (χ2v) is 6.67. The fraction of sp³-hybridized carbons (Fsp3) is 0.400. The molecule has 0 radical (unpaired) electrons. The smallest absolute Gasteiger partial charge is 0.262 e. The van der Waals surface area contributed by atoms with Crippen LogP contribution in [0, 0.1) is 0 Å². The van der Waals surface area contributed by atoms with Gasteiger partial charge in [-0.3, -0.25) is 14.0 Å². The van der Waals surface area contributed by atoms with Crippen LogP contribution in [0.4, 0.5) is 0 Å². The standard InChI is InChI=1S/C15H16N4OS/c1-18-7-10(6-17-18)8-19-9-16-14-13(15(19)20)11-4-2-3-5-12(11)21-14/h6-7,9H,2-5,8H2,1H3. The SMILES string of the molecule is Cn1cc(Cn2cnc3sc4c(c3c2=O)CCCC4)cn1. The van der Waals surface area contributed by atoms with Crippen molar-refractivity contribution >= 4 is 21.6 Å². The quantitative estimate of drug-likeness (QED) is 0.728. The molecule has 3 heterocycles. The van der Waals surface area contributed by atoms with E-state index < -0.39 is 0 Å². The van der Waals surface area contributed by atoms with E-state index in [2.05, 4.69) is 10.1 Å². The van der Waals surface area contributed by atoms with E-state index in [-0.39, 0.29) is 5.56 Å². The van der Waals surface area contributed by atoms with Crippen LogP contribution < -0.4 is 5.56 Å².